The van der Waals surface area contributed by atoms with E-state index < -0.39 is 11.6 Å². The van der Waals surface area contributed by atoms with E-state index in [9.17, 15) is 9.59 Å². The maximum absolute atomic E-state index is 12.5. The highest BCUT2D eigenvalue weighted by atomic mass is 16.6. The van der Waals surface area contributed by atoms with Crippen LogP contribution in [-0.4, -0.2) is 31.6 Å². The van der Waals surface area contributed by atoms with Crippen LogP contribution in [0.1, 0.15) is 22.3 Å². The van der Waals surface area contributed by atoms with Crippen LogP contribution in [0.25, 0.3) is 0 Å². The number of rotatable bonds is 2. The van der Waals surface area contributed by atoms with Crippen molar-refractivity contribution in [3.05, 3.63) is 59.7 Å². The Morgan fingerprint density at radius 3 is 2.60 bits per heavy atom. The Labute approximate surface area is 145 Å². The predicted octanol–water partition coefficient (Wildman–Crippen LogP) is 2.62. The van der Waals surface area contributed by atoms with Crippen molar-refractivity contribution in [2.45, 2.75) is 12.0 Å². The van der Waals surface area contributed by atoms with E-state index in [2.05, 4.69) is 11.8 Å². The lowest BCUT2D eigenvalue weighted by atomic mass is 9.90. The molecule has 0 aliphatic carbocycles. The monoisotopic (exact) mass is 336 g/mol. The topological polar surface area (TPSA) is 61.8 Å². The van der Waals surface area contributed by atoms with Gasteiger partial charge in [0.25, 0.3) is 5.60 Å². The van der Waals surface area contributed by atoms with Crippen LogP contribution in [0.15, 0.2) is 48.5 Å². The zero-order valence-electron chi connectivity index (χ0n) is 13.9. The van der Waals surface area contributed by atoms with Crippen molar-refractivity contribution in [2.24, 2.45) is 0 Å². The van der Waals surface area contributed by atoms with E-state index in [1.165, 1.54) is 14.2 Å². The number of ketones is 1. The summed E-state index contributed by atoms with van der Waals surface area (Å²) in [6.45, 7) is 0. The van der Waals surface area contributed by atoms with Crippen LogP contribution < -0.4 is 9.47 Å². The second-order valence-electron chi connectivity index (χ2n) is 5.50. The third kappa shape index (κ3) is 3.20. The molecule has 0 spiro atoms. The van der Waals surface area contributed by atoms with Crippen molar-refractivity contribution in [2.75, 3.05) is 14.2 Å². The van der Waals surface area contributed by atoms with Crippen molar-refractivity contribution in [3.8, 4) is 23.3 Å². The van der Waals surface area contributed by atoms with Gasteiger partial charge in [0.05, 0.1) is 26.2 Å². The summed E-state index contributed by atoms with van der Waals surface area (Å²) in [5.74, 6) is 5.51. The van der Waals surface area contributed by atoms with E-state index in [1.807, 2.05) is 18.2 Å². The van der Waals surface area contributed by atoms with Crippen LogP contribution in [0.5, 0.6) is 11.5 Å². The van der Waals surface area contributed by atoms with Crippen molar-refractivity contribution in [1.82, 2.24) is 0 Å². The fourth-order valence-electron chi connectivity index (χ4n) is 2.58. The molecule has 0 aromatic heterocycles. The first-order chi connectivity index (χ1) is 12.1. The molecule has 126 valence electrons. The number of carbonyl (C=O) groups excluding carboxylic acids is 2. The second-order valence-corrected chi connectivity index (χ2v) is 5.50. The van der Waals surface area contributed by atoms with Crippen LogP contribution in [0.2, 0.25) is 0 Å². The van der Waals surface area contributed by atoms with E-state index in [0.717, 1.165) is 0 Å². The number of hydrogen-bond acceptors (Lipinski definition) is 5. The van der Waals surface area contributed by atoms with Gasteiger partial charge in [-0.1, -0.05) is 24.1 Å². The first-order valence-corrected chi connectivity index (χ1v) is 7.65. The highest BCUT2D eigenvalue weighted by Gasteiger charge is 2.47. The molecule has 0 amide bonds. The van der Waals surface area contributed by atoms with Crippen LogP contribution in [0.4, 0.5) is 0 Å². The minimum absolute atomic E-state index is 0.209. The van der Waals surface area contributed by atoms with Gasteiger partial charge in [-0.3, -0.25) is 4.79 Å². The molecule has 0 unspecified atom stereocenters. The van der Waals surface area contributed by atoms with Crippen molar-refractivity contribution >= 4 is 11.8 Å². The van der Waals surface area contributed by atoms with Crippen LogP contribution in [-0.2, 0) is 9.53 Å². The summed E-state index contributed by atoms with van der Waals surface area (Å²) in [6.07, 6.45) is -0.209. The third-order valence-electron chi connectivity index (χ3n) is 3.88. The SMILES string of the molecule is COC(=O)[C@]1(C#Cc2ccccc2)CC(=O)c2ccc(OC)cc2O1. The molecule has 0 saturated heterocycles. The van der Waals surface area contributed by atoms with Gasteiger partial charge in [-0.2, -0.15) is 0 Å². The maximum Gasteiger partial charge on any atom is 0.363 e. The molecule has 1 aliphatic rings. The van der Waals surface area contributed by atoms with Gasteiger partial charge in [0, 0.05) is 11.6 Å². The Kier molecular flexibility index (Phi) is 4.44. The van der Waals surface area contributed by atoms with Gasteiger partial charge < -0.3 is 14.2 Å². The average Bonchev–Trinajstić information content (AvgIpc) is 2.66. The highest BCUT2D eigenvalue weighted by Crippen LogP contribution is 2.36. The standard InChI is InChI=1S/C20H16O5/c1-23-15-8-9-16-17(21)13-20(19(22)24-2,25-18(16)12-15)11-10-14-6-4-3-5-7-14/h3-9,12H,13H2,1-2H3/t20-/m0/s1. The maximum atomic E-state index is 12.5. The number of fused-ring (bicyclic) bond motifs is 1. The lowest BCUT2D eigenvalue weighted by Gasteiger charge is -2.31. The van der Waals surface area contributed by atoms with E-state index >= 15 is 0 Å². The molecule has 5 heteroatoms. The number of benzene rings is 2. The van der Waals surface area contributed by atoms with Gasteiger partial charge in [0.1, 0.15) is 11.5 Å². The van der Waals surface area contributed by atoms with E-state index in [1.54, 1.807) is 30.3 Å². The molecular weight excluding hydrogens is 320 g/mol. The van der Waals surface area contributed by atoms with Crippen LogP contribution in [0, 0.1) is 11.8 Å². The average molecular weight is 336 g/mol. The summed E-state index contributed by atoms with van der Waals surface area (Å²) in [5.41, 5.74) is -0.582. The molecule has 1 aliphatic heterocycles. The van der Waals surface area contributed by atoms with Crippen molar-refractivity contribution in [3.63, 3.8) is 0 Å². The third-order valence-corrected chi connectivity index (χ3v) is 3.88. The first-order valence-electron chi connectivity index (χ1n) is 7.65. The summed E-state index contributed by atoms with van der Waals surface area (Å²) in [6, 6.07) is 14.0. The first kappa shape index (κ1) is 16.6. The molecule has 2 aromatic carbocycles. The number of carbonyl (C=O) groups is 2. The molecule has 25 heavy (non-hydrogen) atoms. The van der Waals surface area contributed by atoms with E-state index in [0.29, 0.717) is 16.9 Å². The van der Waals surface area contributed by atoms with Gasteiger partial charge in [0.15, 0.2) is 5.78 Å². The number of hydrogen-bond donors (Lipinski definition) is 0. The van der Waals surface area contributed by atoms with Crippen molar-refractivity contribution in [1.29, 1.82) is 0 Å². The number of ether oxygens (including phenoxy) is 3. The minimum Gasteiger partial charge on any atom is -0.497 e. The fourth-order valence-corrected chi connectivity index (χ4v) is 2.58. The van der Waals surface area contributed by atoms with Gasteiger partial charge in [0.2, 0.25) is 0 Å². The van der Waals surface area contributed by atoms with Crippen LogP contribution in [0.3, 0.4) is 0 Å². The number of esters is 1. The lowest BCUT2D eigenvalue weighted by Crippen LogP contribution is -2.48. The van der Waals surface area contributed by atoms with E-state index in [4.69, 9.17) is 14.2 Å². The normalized spacial score (nSPS) is 18.2. The molecule has 3 rings (SSSR count). The molecule has 5 nitrogen and oxygen atoms in total. The number of Topliss-reactive ketones (excluding diaryl/α,β-unsaturated/α-hetero) is 1. The largest absolute Gasteiger partial charge is 0.497 e. The Morgan fingerprint density at radius 1 is 1.16 bits per heavy atom. The summed E-state index contributed by atoms with van der Waals surface area (Å²) >= 11 is 0. The zero-order chi connectivity index (χ0) is 17.9. The number of methoxy groups -OCH3 is 2. The summed E-state index contributed by atoms with van der Waals surface area (Å²) in [5, 5.41) is 0. The van der Waals surface area contributed by atoms with Crippen molar-refractivity contribution < 1.29 is 23.8 Å². The minimum atomic E-state index is -1.68. The molecule has 2 aromatic rings. The Balaban J connectivity index is 2.06. The quantitative estimate of drug-likeness (QED) is 0.623. The molecular formula is C20H16O5. The molecule has 1 atom stereocenters. The lowest BCUT2D eigenvalue weighted by molar-refractivity contribution is -0.154. The fraction of sp³-hybridized carbons (Fsp3) is 0.200. The summed E-state index contributed by atoms with van der Waals surface area (Å²) in [4.78, 5) is 24.9. The summed E-state index contributed by atoms with van der Waals surface area (Å²) < 4.78 is 15.9. The second kappa shape index (κ2) is 6.70. The Bertz CT molecular complexity index is 876. The molecule has 1 heterocycles. The highest BCUT2D eigenvalue weighted by molar-refractivity contribution is 6.05. The molecule has 0 N–H and O–H groups in total. The summed E-state index contributed by atoms with van der Waals surface area (Å²) in [7, 11) is 2.75. The van der Waals surface area contributed by atoms with E-state index in [-0.39, 0.29) is 18.0 Å². The van der Waals surface area contributed by atoms with Gasteiger partial charge >= 0.3 is 5.97 Å². The molecule has 0 saturated carbocycles. The smallest absolute Gasteiger partial charge is 0.363 e. The predicted molar refractivity (Wildman–Crippen MR) is 90.6 cm³/mol. The van der Waals surface area contributed by atoms with Crippen LogP contribution >= 0.6 is 0 Å². The Hall–Kier alpha value is -3.26. The van der Waals surface area contributed by atoms with Gasteiger partial charge in [-0.05, 0) is 30.2 Å². The molecule has 0 fully saturated rings. The van der Waals surface area contributed by atoms with Gasteiger partial charge in [-0.25, -0.2) is 4.79 Å². The molecule has 0 radical (unpaired) electrons. The Morgan fingerprint density at radius 2 is 1.92 bits per heavy atom. The zero-order valence-corrected chi connectivity index (χ0v) is 13.9. The van der Waals surface area contributed by atoms with Gasteiger partial charge in [-0.15, -0.1) is 0 Å². The molecule has 0 bridgehead atoms.